The zero-order valence-corrected chi connectivity index (χ0v) is 18.3. The third-order valence-corrected chi connectivity index (χ3v) is 6.88. The summed E-state index contributed by atoms with van der Waals surface area (Å²) in [5, 5.41) is 13.0. The Bertz CT molecular complexity index is 1230. The number of fused-ring (bicyclic) bond motifs is 1. The molecule has 2 aromatic carbocycles. The van der Waals surface area contributed by atoms with Crippen LogP contribution < -0.4 is 0 Å². The maximum absolute atomic E-state index is 13.4. The molecule has 4 aromatic rings. The van der Waals surface area contributed by atoms with E-state index in [4.69, 9.17) is 0 Å². The van der Waals surface area contributed by atoms with E-state index >= 15 is 0 Å². The number of carbonyl (C=O) groups is 1. The number of hydrogen-bond acceptors (Lipinski definition) is 5. The van der Waals surface area contributed by atoms with Gasteiger partial charge in [0.25, 0.3) is 5.91 Å². The van der Waals surface area contributed by atoms with Crippen molar-refractivity contribution < 1.29 is 4.79 Å². The number of hydrogen-bond donors (Lipinski definition) is 0. The molecule has 5 rings (SSSR count). The van der Waals surface area contributed by atoms with Gasteiger partial charge in [0.15, 0.2) is 0 Å². The van der Waals surface area contributed by atoms with Crippen LogP contribution in [0.5, 0.6) is 0 Å². The molecule has 0 bridgehead atoms. The summed E-state index contributed by atoms with van der Waals surface area (Å²) in [4.78, 5) is 21.6. The van der Waals surface area contributed by atoms with E-state index in [0.717, 1.165) is 21.2 Å². The molecule has 1 aliphatic rings. The van der Waals surface area contributed by atoms with E-state index in [9.17, 15) is 10.1 Å². The zero-order chi connectivity index (χ0) is 21.9. The van der Waals surface area contributed by atoms with Gasteiger partial charge in [-0.25, -0.2) is 0 Å². The van der Waals surface area contributed by atoms with Crippen molar-refractivity contribution in [3.8, 4) is 6.07 Å². The summed E-state index contributed by atoms with van der Waals surface area (Å²) >= 11 is 1.58. The number of benzene rings is 2. The smallest absolute Gasteiger partial charge is 0.256 e. The highest BCUT2D eigenvalue weighted by Crippen LogP contribution is 2.32. The second-order valence-electron chi connectivity index (χ2n) is 7.88. The zero-order valence-electron chi connectivity index (χ0n) is 17.5. The first-order chi connectivity index (χ1) is 15.8. The number of nitriles is 1. The van der Waals surface area contributed by atoms with Crippen molar-refractivity contribution in [3.63, 3.8) is 0 Å². The molecule has 1 amide bonds. The van der Waals surface area contributed by atoms with Crippen molar-refractivity contribution in [2.45, 2.75) is 12.1 Å². The minimum absolute atomic E-state index is 0.0405. The Kier molecular flexibility index (Phi) is 5.68. The summed E-state index contributed by atoms with van der Waals surface area (Å²) in [6, 6.07) is 24.5. The number of aromatic nitrogens is 1. The fraction of sp³-hybridized carbons (Fsp3) is 0.192. The lowest BCUT2D eigenvalue weighted by molar-refractivity contribution is 0.0501. The van der Waals surface area contributed by atoms with E-state index < -0.39 is 6.04 Å². The molecule has 5 nitrogen and oxygen atoms in total. The molecule has 0 aliphatic carbocycles. The van der Waals surface area contributed by atoms with E-state index in [1.165, 1.54) is 0 Å². The lowest BCUT2D eigenvalue weighted by Gasteiger charge is -2.42. The standard InChI is InChI=1S/C26H22N4OS/c27-15-21-18-29(26(31)23-16-28-17-24-22(23)11-14-32-24)12-13-30(21)25(19-7-3-1-4-8-19)20-9-5-2-6-10-20/h1-11,14,16-17,21,25H,12-13,18H2/t21-/m0/s1. The van der Waals surface area contributed by atoms with Gasteiger partial charge in [0.2, 0.25) is 0 Å². The molecule has 0 radical (unpaired) electrons. The van der Waals surface area contributed by atoms with Crippen LogP contribution in [0.3, 0.4) is 0 Å². The number of rotatable bonds is 4. The highest BCUT2D eigenvalue weighted by atomic mass is 32.1. The number of thiophene rings is 1. The lowest BCUT2D eigenvalue weighted by atomic mass is 9.94. The molecule has 6 heteroatoms. The quantitative estimate of drug-likeness (QED) is 0.462. The van der Waals surface area contributed by atoms with Gasteiger partial charge in [0.1, 0.15) is 6.04 Å². The van der Waals surface area contributed by atoms with Gasteiger partial charge in [0.05, 0.1) is 22.4 Å². The first kappa shape index (κ1) is 20.4. The molecule has 1 fully saturated rings. The van der Waals surface area contributed by atoms with Crippen LogP contribution in [0.2, 0.25) is 0 Å². The molecule has 158 valence electrons. The maximum atomic E-state index is 13.4. The maximum Gasteiger partial charge on any atom is 0.256 e. The van der Waals surface area contributed by atoms with E-state index in [1.807, 2.05) is 47.8 Å². The van der Waals surface area contributed by atoms with Crippen LogP contribution in [0.1, 0.15) is 27.5 Å². The lowest BCUT2D eigenvalue weighted by Crippen LogP contribution is -2.55. The Morgan fingerprint density at radius 1 is 1.00 bits per heavy atom. The second kappa shape index (κ2) is 8.91. The van der Waals surface area contributed by atoms with E-state index in [-0.39, 0.29) is 11.9 Å². The molecule has 3 heterocycles. The van der Waals surface area contributed by atoms with Crippen LogP contribution in [0.25, 0.3) is 10.1 Å². The second-order valence-corrected chi connectivity index (χ2v) is 8.82. The number of amides is 1. The van der Waals surface area contributed by atoms with Gasteiger partial charge in [-0.3, -0.25) is 14.7 Å². The fourth-order valence-corrected chi connectivity index (χ4v) is 5.26. The number of carbonyl (C=O) groups excluding carboxylic acids is 1. The van der Waals surface area contributed by atoms with Crippen molar-refractivity contribution in [2.75, 3.05) is 19.6 Å². The number of piperazine rings is 1. The average Bonchev–Trinajstić information content (AvgIpc) is 3.34. The Morgan fingerprint density at radius 3 is 2.34 bits per heavy atom. The Hall–Kier alpha value is -3.53. The van der Waals surface area contributed by atoms with Crippen molar-refractivity contribution >= 4 is 27.3 Å². The first-order valence-corrected chi connectivity index (χ1v) is 11.5. The van der Waals surface area contributed by atoms with Crippen LogP contribution in [-0.4, -0.2) is 46.4 Å². The topological polar surface area (TPSA) is 60.2 Å². The Labute approximate surface area is 191 Å². The van der Waals surface area contributed by atoms with Crippen LogP contribution in [0.4, 0.5) is 0 Å². The normalized spacial score (nSPS) is 16.9. The summed E-state index contributed by atoms with van der Waals surface area (Å²) < 4.78 is 1.000. The number of nitrogens with zero attached hydrogens (tertiary/aromatic N) is 4. The van der Waals surface area contributed by atoms with Crippen LogP contribution in [0, 0.1) is 11.3 Å². The minimum Gasteiger partial charge on any atom is -0.335 e. The summed E-state index contributed by atoms with van der Waals surface area (Å²) in [5.74, 6) is -0.0580. The van der Waals surface area contributed by atoms with Gasteiger partial charge in [-0.15, -0.1) is 11.3 Å². The average molecular weight is 439 g/mol. The third-order valence-electron chi connectivity index (χ3n) is 6.03. The molecule has 32 heavy (non-hydrogen) atoms. The van der Waals surface area contributed by atoms with Crippen molar-refractivity contribution in [1.82, 2.24) is 14.8 Å². The van der Waals surface area contributed by atoms with Crippen LogP contribution in [0.15, 0.2) is 84.5 Å². The summed E-state index contributed by atoms with van der Waals surface area (Å²) in [6.07, 6.45) is 3.43. The first-order valence-electron chi connectivity index (χ1n) is 10.6. The predicted octanol–water partition coefficient (Wildman–Crippen LogP) is 4.74. The largest absolute Gasteiger partial charge is 0.335 e. The molecule has 0 N–H and O–H groups in total. The summed E-state index contributed by atoms with van der Waals surface area (Å²) in [6.45, 7) is 1.55. The molecule has 1 atom stereocenters. The summed E-state index contributed by atoms with van der Waals surface area (Å²) in [5.41, 5.74) is 2.90. The summed E-state index contributed by atoms with van der Waals surface area (Å²) in [7, 11) is 0. The third kappa shape index (κ3) is 3.77. The van der Waals surface area contributed by atoms with Gasteiger partial charge < -0.3 is 4.90 Å². The molecule has 0 unspecified atom stereocenters. The fourth-order valence-electron chi connectivity index (χ4n) is 4.48. The molecule has 1 saturated heterocycles. The molecule has 2 aromatic heterocycles. The minimum atomic E-state index is -0.409. The number of pyridine rings is 1. The molecular formula is C26H22N4OS. The van der Waals surface area contributed by atoms with Crippen LogP contribution >= 0.6 is 11.3 Å². The predicted molar refractivity (Wildman–Crippen MR) is 126 cm³/mol. The van der Waals surface area contributed by atoms with E-state index in [2.05, 4.69) is 40.2 Å². The van der Waals surface area contributed by atoms with Crippen LogP contribution in [-0.2, 0) is 0 Å². The van der Waals surface area contributed by atoms with E-state index in [1.54, 1.807) is 28.6 Å². The highest BCUT2D eigenvalue weighted by Gasteiger charge is 2.35. The monoisotopic (exact) mass is 438 g/mol. The van der Waals surface area contributed by atoms with Crippen molar-refractivity contribution in [3.05, 3.63) is 101 Å². The van der Waals surface area contributed by atoms with Gasteiger partial charge >= 0.3 is 0 Å². The Balaban J connectivity index is 1.44. The van der Waals surface area contributed by atoms with E-state index in [0.29, 0.717) is 25.2 Å². The molecule has 1 aliphatic heterocycles. The molecule has 0 saturated carbocycles. The SMILES string of the molecule is N#C[C@H]1CN(C(=O)c2cncc3sccc23)CCN1C(c1ccccc1)c1ccccc1. The van der Waals surface area contributed by atoms with Gasteiger partial charge in [0, 0.05) is 37.4 Å². The Morgan fingerprint density at radius 2 is 1.69 bits per heavy atom. The van der Waals surface area contributed by atoms with Crippen molar-refractivity contribution in [2.24, 2.45) is 0 Å². The molecular weight excluding hydrogens is 416 g/mol. The van der Waals surface area contributed by atoms with Gasteiger partial charge in [-0.2, -0.15) is 5.26 Å². The van der Waals surface area contributed by atoms with Crippen molar-refractivity contribution in [1.29, 1.82) is 5.26 Å². The highest BCUT2D eigenvalue weighted by molar-refractivity contribution is 7.17. The molecule has 0 spiro atoms. The van der Waals surface area contributed by atoms with Gasteiger partial charge in [-0.1, -0.05) is 60.7 Å². The van der Waals surface area contributed by atoms with Gasteiger partial charge in [-0.05, 0) is 22.6 Å².